The fourth-order valence-electron chi connectivity index (χ4n) is 1.14. The molecule has 2 N–H and O–H groups in total. The van der Waals surface area contributed by atoms with Crippen LogP contribution in [0.4, 0.5) is 14.9 Å². The van der Waals surface area contributed by atoms with Gasteiger partial charge in [-0.3, -0.25) is 0 Å². The van der Waals surface area contributed by atoms with Gasteiger partial charge >= 0.3 is 12.0 Å². The number of hydrogen-bond donors (Lipinski definition) is 2. The highest BCUT2D eigenvalue weighted by molar-refractivity contribution is 9.10. The van der Waals surface area contributed by atoms with Crippen LogP contribution in [0.2, 0.25) is 0 Å². The van der Waals surface area contributed by atoms with Crippen LogP contribution in [-0.2, 0) is 4.79 Å². The highest BCUT2D eigenvalue weighted by atomic mass is 79.9. The number of amides is 2. The molecule has 0 aliphatic heterocycles. The van der Waals surface area contributed by atoms with Crippen molar-refractivity contribution in [1.29, 1.82) is 0 Å². The zero-order chi connectivity index (χ0) is 13.9. The van der Waals surface area contributed by atoms with Crippen molar-refractivity contribution < 1.29 is 19.1 Å². The minimum Gasteiger partial charge on any atom is -0.480 e. The number of carbonyl (C=O) groups excluding carboxylic acids is 1. The summed E-state index contributed by atoms with van der Waals surface area (Å²) in [4.78, 5) is 23.5. The Labute approximate surface area is 112 Å². The minimum atomic E-state index is -1.12. The number of urea groups is 1. The van der Waals surface area contributed by atoms with Crippen molar-refractivity contribution in [2.75, 3.05) is 12.4 Å². The molecular formula is C11H12BrFN2O3. The van der Waals surface area contributed by atoms with E-state index >= 15 is 0 Å². The van der Waals surface area contributed by atoms with E-state index in [1.807, 2.05) is 0 Å². The number of nitrogens with zero attached hydrogens (tertiary/aromatic N) is 1. The van der Waals surface area contributed by atoms with Gasteiger partial charge in [0.2, 0.25) is 0 Å². The smallest absolute Gasteiger partial charge is 0.326 e. The number of carboxylic acids is 1. The lowest BCUT2D eigenvalue weighted by Crippen LogP contribution is -2.42. The van der Waals surface area contributed by atoms with E-state index in [0.717, 1.165) is 11.0 Å². The number of halogens is 2. The fourth-order valence-corrected chi connectivity index (χ4v) is 1.48. The predicted octanol–water partition coefficient (Wildman–Crippen LogP) is 2.53. The lowest BCUT2D eigenvalue weighted by atomic mass is 10.3. The van der Waals surface area contributed by atoms with E-state index in [1.165, 1.54) is 26.1 Å². The number of carboxylic acid groups (broad SMARTS) is 1. The molecule has 1 unspecified atom stereocenters. The average Bonchev–Trinajstić information content (AvgIpc) is 2.31. The van der Waals surface area contributed by atoms with Crippen molar-refractivity contribution in [3.8, 4) is 0 Å². The molecule has 0 aliphatic rings. The Balaban J connectivity index is 2.81. The van der Waals surface area contributed by atoms with Gasteiger partial charge in [-0.05, 0) is 41.1 Å². The molecule has 0 saturated carbocycles. The molecule has 0 aromatic heterocycles. The SMILES string of the molecule is CC(C(=O)O)N(C)C(=O)Nc1cc(F)ccc1Br. The van der Waals surface area contributed by atoms with Crippen LogP contribution in [0.15, 0.2) is 22.7 Å². The Hall–Kier alpha value is -1.63. The number of aliphatic carboxylic acids is 1. The summed E-state index contributed by atoms with van der Waals surface area (Å²) in [6, 6.07) is 2.23. The van der Waals surface area contributed by atoms with Crippen LogP contribution >= 0.6 is 15.9 Å². The molecule has 0 heterocycles. The molecule has 1 aromatic rings. The van der Waals surface area contributed by atoms with E-state index in [4.69, 9.17) is 5.11 Å². The molecule has 1 rings (SSSR count). The Bertz CT molecular complexity index is 481. The van der Waals surface area contributed by atoms with Gasteiger partial charge < -0.3 is 15.3 Å². The molecule has 18 heavy (non-hydrogen) atoms. The Kier molecular flexibility index (Phi) is 4.66. The molecule has 0 spiro atoms. The Morgan fingerprint density at radius 1 is 1.50 bits per heavy atom. The monoisotopic (exact) mass is 318 g/mol. The molecule has 2 amide bonds. The standard InChI is InChI=1S/C11H12BrFN2O3/c1-6(10(16)17)15(2)11(18)14-9-5-7(13)3-4-8(9)12/h3-6H,1-2H3,(H,14,18)(H,16,17). The van der Waals surface area contributed by atoms with Gasteiger partial charge in [-0.15, -0.1) is 0 Å². The summed E-state index contributed by atoms with van der Waals surface area (Å²) < 4.78 is 13.5. The second kappa shape index (κ2) is 5.81. The molecule has 0 saturated heterocycles. The van der Waals surface area contributed by atoms with Gasteiger partial charge in [0.15, 0.2) is 0 Å². The highest BCUT2D eigenvalue weighted by Gasteiger charge is 2.22. The molecule has 0 bridgehead atoms. The third-order valence-corrected chi connectivity index (χ3v) is 3.12. The van der Waals surface area contributed by atoms with Gasteiger partial charge in [0.05, 0.1) is 5.69 Å². The van der Waals surface area contributed by atoms with Gasteiger partial charge in [0.25, 0.3) is 0 Å². The topological polar surface area (TPSA) is 69.6 Å². The summed E-state index contributed by atoms with van der Waals surface area (Å²) in [7, 11) is 1.35. The maximum absolute atomic E-state index is 13.0. The summed E-state index contributed by atoms with van der Waals surface area (Å²) in [6.07, 6.45) is 0. The molecule has 7 heteroatoms. The normalized spacial score (nSPS) is 11.8. The van der Waals surface area contributed by atoms with Crippen LogP contribution in [0, 0.1) is 5.82 Å². The van der Waals surface area contributed by atoms with E-state index in [1.54, 1.807) is 0 Å². The molecule has 0 aliphatic carbocycles. The molecule has 0 fully saturated rings. The average molecular weight is 319 g/mol. The molecule has 98 valence electrons. The molecule has 5 nitrogen and oxygen atoms in total. The largest absolute Gasteiger partial charge is 0.480 e. The lowest BCUT2D eigenvalue weighted by Gasteiger charge is -2.22. The van der Waals surface area contributed by atoms with E-state index in [-0.39, 0.29) is 5.69 Å². The number of likely N-dealkylation sites (N-methyl/N-ethyl adjacent to an activating group) is 1. The van der Waals surface area contributed by atoms with Crippen LogP contribution < -0.4 is 5.32 Å². The number of nitrogens with one attached hydrogen (secondary N) is 1. The first kappa shape index (κ1) is 14.4. The van der Waals surface area contributed by atoms with Gasteiger partial charge in [0.1, 0.15) is 11.9 Å². The van der Waals surface area contributed by atoms with E-state index in [0.29, 0.717) is 4.47 Å². The van der Waals surface area contributed by atoms with Crippen molar-refractivity contribution in [2.45, 2.75) is 13.0 Å². The van der Waals surface area contributed by atoms with Crippen molar-refractivity contribution in [3.05, 3.63) is 28.5 Å². The third-order valence-electron chi connectivity index (χ3n) is 2.43. The first-order chi connectivity index (χ1) is 8.32. The number of hydrogen-bond acceptors (Lipinski definition) is 2. The molecule has 0 radical (unpaired) electrons. The van der Waals surface area contributed by atoms with Crippen molar-refractivity contribution >= 4 is 33.6 Å². The molecular weight excluding hydrogens is 307 g/mol. The lowest BCUT2D eigenvalue weighted by molar-refractivity contribution is -0.141. The zero-order valence-corrected chi connectivity index (χ0v) is 11.4. The second-order valence-electron chi connectivity index (χ2n) is 3.68. The van der Waals surface area contributed by atoms with Crippen LogP contribution in [0.5, 0.6) is 0 Å². The first-order valence-electron chi connectivity index (χ1n) is 5.04. The fraction of sp³-hybridized carbons (Fsp3) is 0.273. The van der Waals surface area contributed by atoms with Gasteiger partial charge in [-0.25, -0.2) is 14.0 Å². The van der Waals surface area contributed by atoms with E-state index in [9.17, 15) is 14.0 Å². The summed E-state index contributed by atoms with van der Waals surface area (Å²) in [6.45, 7) is 1.38. The molecule has 1 atom stereocenters. The summed E-state index contributed by atoms with van der Waals surface area (Å²) in [5, 5.41) is 11.2. The van der Waals surface area contributed by atoms with Crippen LogP contribution in [-0.4, -0.2) is 35.1 Å². The Morgan fingerprint density at radius 2 is 2.11 bits per heavy atom. The van der Waals surface area contributed by atoms with Crippen molar-refractivity contribution in [2.24, 2.45) is 0 Å². The maximum atomic E-state index is 13.0. The summed E-state index contributed by atoms with van der Waals surface area (Å²) in [5.74, 6) is -1.62. The van der Waals surface area contributed by atoms with E-state index < -0.39 is 23.9 Å². The number of anilines is 1. The van der Waals surface area contributed by atoms with Crippen LogP contribution in [0.25, 0.3) is 0 Å². The van der Waals surface area contributed by atoms with Gasteiger partial charge in [0, 0.05) is 11.5 Å². The van der Waals surface area contributed by atoms with Gasteiger partial charge in [-0.1, -0.05) is 0 Å². The van der Waals surface area contributed by atoms with Crippen molar-refractivity contribution in [3.63, 3.8) is 0 Å². The van der Waals surface area contributed by atoms with Crippen LogP contribution in [0.1, 0.15) is 6.92 Å². The predicted molar refractivity (Wildman–Crippen MR) is 68.0 cm³/mol. The number of rotatable bonds is 3. The van der Waals surface area contributed by atoms with Gasteiger partial charge in [-0.2, -0.15) is 0 Å². The maximum Gasteiger partial charge on any atom is 0.326 e. The Morgan fingerprint density at radius 3 is 2.67 bits per heavy atom. The molecule has 1 aromatic carbocycles. The van der Waals surface area contributed by atoms with E-state index in [2.05, 4.69) is 21.2 Å². The third kappa shape index (κ3) is 3.43. The highest BCUT2D eigenvalue weighted by Crippen LogP contribution is 2.23. The van der Waals surface area contributed by atoms with Crippen LogP contribution in [0.3, 0.4) is 0 Å². The minimum absolute atomic E-state index is 0.240. The number of carbonyl (C=O) groups is 2. The summed E-state index contributed by atoms with van der Waals surface area (Å²) >= 11 is 3.16. The second-order valence-corrected chi connectivity index (χ2v) is 4.53. The zero-order valence-electron chi connectivity index (χ0n) is 9.78. The number of benzene rings is 1. The van der Waals surface area contributed by atoms with Crippen molar-refractivity contribution in [1.82, 2.24) is 4.90 Å². The summed E-state index contributed by atoms with van der Waals surface area (Å²) in [5.41, 5.74) is 0.240. The quantitative estimate of drug-likeness (QED) is 0.899. The first-order valence-corrected chi connectivity index (χ1v) is 5.84.